The van der Waals surface area contributed by atoms with Crippen LogP contribution in [0.5, 0.6) is 0 Å². The Balaban J connectivity index is 0.954. The first-order valence-corrected chi connectivity index (χ1v) is 24.8. The number of rotatable bonds is 32. The van der Waals surface area contributed by atoms with Crippen molar-refractivity contribution in [3.63, 3.8) is 0 Å². The molecule has 0 saturated carbocycles. The zero-order chi connectivity index (χ0) is 41.9. The minimum absolute atomic E-state index is 0.467. The molecular weight excluding hydrogens is 713 g/mol. The Morgan fingerprint density at radius 1 is 0.356 bits per heavy atom. The van der Waals surface area contributed by atoms with Crippen LogP contribution in [-0.2, 0) is 12.8 Å². The number of anilines is 2. The van der Waals surface area contributed by atoms with Crippen LogP contribution >= 0.6 is 0 Å². The first kappa shape index (κ1) is 48.1. The highest BCUT2D eigenvalue weighted by atomic mass is 14.5. The predicted molar refractivity (Wildman–Crippen MR) is 262 cm³/mol. The van der Waals surface area contributed by atoms with Crippen molar-refractivity contribution in [3.8, 4) is 0 Å². The van der Waals surface area contributed by atoms with Gasteiger partial charge in [0.15, 0.2) is 0 Å². The summed E-state index contributed by atoms with van der Waals surface area (Å²) in [6, 6.07) is 32.1. The Bertz CT molecular complexity index is 1540. The summed E-state index contributed by atoms with van der Waals surface area (Å²) in [5, 5.41) is 0. The summed E-state index contributed by atoms with van der Waals surface area (Å²) >= 11 is 0. The Labute approximate surface area is 363 Å². The van der Waals surface area contributed by atoms with E-state index >= 15 is 0 Å². The lowest BCUT2D eigenvalue weighted by Gasteiger charge is -2.21. The van der Waals surface area contributed by atoms with Crippen molar-refractivity contribution >= 4 is 11.4 Å². The maximum Gasteiger partial charge on any atom is 0.0316 e. The molecule has 0 aliphatic rings. The van der Waals surface area contributed by atoms with E-state index in [0.717, 1.165) is 11.4 Å². The van der Waals surface area contributed by atoms with E-state index in [-0.39, 0.29) is 0 Å². The highest BCUT2D eigenvalue weighted by molar-refractivity contribution is 5.49. The Morgan fingerprint density at radius 2 is 0.661 bits per heavy atom. The van der Waals surface area contributed by atoms with Crippen molar-refractivity contribution < 1.29 is 0 Å². The molecule has 324 valence electrons. The van der Waals surface area contributed by atoms with E-state index in [1.54, 1.807) is 0 Å². The molecule has 2 atom stereocenters. The second-order valence-electron chi connectivity index (χ2n) is 18.3. The van der Waals surface area contributed by atoms with Crippen LogP contribution in [0.4, 0.5) is 11.4 Å². The largest absolute Gasteiger partial charge is 0.399 e. The lowest BCUT2D eigenvalue weighted by Crippen LogP contribution is -2.05. The van der Waals surface area contributed by atoms with Gasteiger partial charge in [0, 0.05) is 23.2 Å². The molecule has 0 spiro atoms. The first-order valence-electron chi connectivity index (χ1n) is 24.8. The summed E-state index contributed by atoms with van der Waals surface area (Å²) in [5.41, 5.74) is 25.3. The normalized spacial score (nSPS) is 12.5. The molecule has 2 unspecified atom stereocenters. The van der Waals surface area contributed by atoms with E-state index in [9.17, 15) is 0 Å². The molecule has 4 rings (SSSR count). The highest BCUT2D eigenvalue weighted by Crippen LogP contribution is 2.35. The number of hydrogen-bond acceptors (Lipinski definition) is 2. The first-order chi connectivity index (χ1) is 28.9. The Kier molecular flexibility index (Phi) is 23.6. The average Bonchev–Trinajstić information content (AvgIpc) is 3.23. The van der Waals surface area contributed by atoms with Gasteiger partial charge in [-0.25, -0.2) is 0 Å². The number of nitrogens with two attached hydrogens (primary N) is 2. The Hall–Kier alpha value is -3.52. The van der Waals surface area contributed by atoms with Gasteiger partial charge in [-0.05, 0) is 121 Å². The van der Waals surface area contributed by atoms with Gasteiger partial charge in [-0.2, -0.15) is 0 Å². The van der Waals surface area contributed by atoms with E-state index in [1.807, 2.05) is 0 Å². The van der Waals surface area contributed by atoms with Crippen LogP contribution in [0, 0.1) is 13.8 Å². The number of benzene rings is 4. The van der Waals surface area contributed by atoms with Crippen molar-refractivity contribution in [2.75, 3.05) is 11.5 Å². The SMILES string of the molecule is CCCCCC(c1ccc(CCCCCCCCCCCCCCCCCCCc2ccc(C(CCCCC)c3ccc(N)cc3C)cc2)cc1)c1ccc(N)cc1C. The van der Waals surface area contributed by atoms with E-state index in [2.05, 4.69) is 113 Å². The molecule has 4 N–H and O–H groups in total. The molecule has 0 amide bonds. The maximum absolute atomic E-state index is 6.08. The van der Waals surface area contributed by atoms with Crippen molar-refractivity contribution in [3.05, 3.63) is 129 Å². The van der Waals surface area contributed by atoms with Crippen LogP contribution in [-0.4, -0.2) is 0 Å². The number of unbranched alkanes of at least 4 members (excludes halogenated alkanes) is 20. The van der Waals surface area contributed by atoms with Crippen LogP contribution in [0.2, 0.25) is 0 Å². The van der Waals surface area contributed by atoms with Crippen molar-refractivity contribution in [2.45, 2.75) is 213 Å². The highest BCUT2D eigenvalue weighted by Gasteiger charge is 2.18. The molecular formula is C57H86N2. The smallest absolute Gasteiger partial charge is 0.0316 e. The van der Waals surface area contributed by atoms with Gasteiger partial charge in [0.2, 0.25) is 0 Å². The molecule has 0 fully saturated rings. The molecule has 4 aromatic rings. The van der Waals surface area contributed by atoms with Gasteiger partial charge in [-0.1, -0.05) is 209 Å². The molecule has 0 aliphatic heterocycles. The van der Waals surface area contributed by atoms with Gasteiger partial charge < -0.3 is 11.5 Å². The zero-order valence-electron chi connectivity index (χ0n) is 38.5. The van der Waals surface area contributed by atoms with E-state index in [4.69, 9.17) is 11.5 Å². The van der Waals surface area contributed by atoms with Crippen molar-refractivity contribution in [2.24, 2.45) is 0 Å². The fourth-order valence-corrected chi connectivity index (χ4v) is 9.52. The molecule has 2 heteroatoms. The quantitative estimate of drug-likeness (QED) is 0.0382. The van der Waals surface area contributed by atoms with Gasteiger partial charge in [0.1, 0.15) is 0 Å². The van der Waals surface area contributed by atoms with Crippen LogP contribution < -0.4 is 11.5 Å². The molecule has 0 saturated heterocycles. The van der Waals surface area contributed by atoms with Gasteiger partial charge in [0.05, 0.1) is 0 Å². The fourth-order valence-electron chi connectivity index (χ4n) is 9.52. The number of nitrogen functional groups attached to an aromatic ring is 2. The van der Waals surface area contributed by atoms with E-state index < -0.39 is 0 Å². The summed E-state index contributed by atoms with van der Waals surface area (Å²) in [5.74, 6) is 0.934. The molecule has 4 aromatic carbocycles. The van der Waals surface area contributed by atoms with Gasteiger partial charge >= 0.3 is 0 Å². The van der Waals surface area contributed by atoms with Gasteiger partial charge in [-0.3, -0.25) is 0 Å². The summed E-state index contributed by atoms with van der Waals surface area (Å²) in [4.78, 5) is 0. The molecule has 59 heavy (non-hydrogen) atoms. The van der Waals surface area contributed by atoms with E-state index in [0.29, 0.717) is 11.8 Å². The van der Waals surface area contributed by atoms with Crippen molar-refractivity contribution in [1.82, 2.24) is 0 Å². The average molecular weight is 799 g/mol. The van der Waals surface area contributed by atoms with Crippen LogP contribution in [0.1, 0.15) is 231 Å². The standard InChI is InChI=1S/C57H86N2/c1-5-7-24-30-56(54-42-40-52(58)44-46(54)3)50-36-32-48(33-37-50)28-26-22-20-18-16-14-12-10-9-11-13-15-17-19-21-23-27-29-49-34-38-51(39-35-49)57(31-25-8-6-2)55-43-41-53(59)45-47(55)4/h32-45,56-57H,5-31,58-59H2,1-4H3. The minimum atomic E-state index is 0.467. The van der Waals surface area contributed by atoms with Crippen molar-refractivity contribution in [1.29, 1.82) is 0 Å². The van der Waals surface area contributed by atoms with Gasteiger partial charge in [-0.15, -0.1) is 0 Å². The predicted octanol–water partition coefficient (Wildman–Crippen LogP) is 17.3. The van der Waals surface area contributed by atoms with Crippen LogP contribution in [0.15, 0.2) is 84.9 Å². The zero-order valence-corrected chi connectivity index (χ0v) is 38.5. The topological polar surface area (TPSA) is 52.0 Å². The van der Waals surface area contributed by atoms with Gasteiger partial charge in [0.25, 0.3) is 0 Å². The third-order valence-electron chi connectivity index (χ3n) is 13.2. The molecule has 0 heterocycles. The van der Waals surface area contributed by atoms with E-state index in [1.165, 1.54) is 218 Å². The summed E-state index contributed by atoms with van der Waals surface area (Å²) < 4.78 is 0. The molecule has 0 bridgehead atoms. The summed E-state index contributed by atoms with van der Waals surface area (Å²) in [7, 11) is 0. The van der Waals surface area contributed by atoms with Crippen LogP contribution in [0.25, 0.3) is 0 Å². The fraction of sp³-hybridized carbons (Fsp3) is 0.579. The van der Waals surface area contributed by atoms with Crippen LogP contribution in [0.3, 0.4) is 0 Å². The molecule has 2 nitrogen and oxygen atoms in total. The summed E-state index contributed by atoms with van der Waals surface area (Å²) in [6.07, 6.45) is 36.4. The third-order valence-corrected chi connectivity index (χ3v) is 13.2. The lowest BCUT2D eigenvalue weighted by atomic mass is 9.84. The molecule has 0 radical (unpaired) electrons. The number of hydrogen-bond donors (Lipinski definition) is 2. The second kappa shape index (κ2) is 28.9. The lowest BCUT2D eigenvalue weighted by molar-refractivity contribution is 0.525. The monoisotopic (exact) mass is 799 g/mol. The Morgan fingerprint density at radius 3 is 0.949 bits per heavy atom. The molecule has 0 aliphatic carbocycles. The third kappa shape index (κ3) is 18.3. The number of aryl methyl sites for hydroxylation is 4. The second-order valence-corrected chi connectivity index (χ2v) is 18.3. The molecule has 0 aromatic heterocycles. The minimum Gasteiger partial charge on any atom is -0.399 e. The maximum atomic E-state index is 6.08. The summed E-state index contributed by atoms with van der Waals surface area (Å²) in [6.45, 7) is 9.02.